The molecular weight excluding hydrogens is 218 g/mol. The molecule has 4 atom stereocenters. The average Bonchev–Trinajstić information content (AvgIpc) is 2.32. The van der Waals surface area contributed by atoms with Crippen LogP contribution in [0.15, 0.2) is 0 Å². The quantitative estimate of drug-likeness (QED) is 0.295. The fourth-order valence-electron chi connectivity index (χ4n) is 1.06. The molecule has 94 valence electrons. The van der Waals surface area contributed by atoms with Crippen LogP contribution in [0.2, 0.25) is 0 Å². The SMILES string of the molecule is CCC(=O)C(=O)[C@H](N)[C@@H](O)[C@@H](O)[C@H](O)CO. The molecule has 0 aliphatic rings. The third kappa shape index (κ3) is 3.62. The van der Waals surface area contributed by atoms with Gasteiger partial charge in [-0.25, -0.2) is 0 Å². The number of aliphatic hydroxyl groups excluding tert-OH is 4. The van der Waals surface area contributed by atoms with E-state index in [0.29, 0.717) is 0 Å². The Morgan fingerprint density at radius 1 is 1.19 bits per heavy atom. The third-order valence-electron chi connectivity index (χ3n) is 2.20. The van der Waals surface area contributed by atoms with E-state index in [-0.39, 0.29) is 6.42 Å². The minimum absolute atomic E-state index is 0.0576. The lowest BCUT2D eigenvalue weighted by atomic mass is 9.96. The summed E-state index contributed by atoms with van der Waals surface area (Å²) in [6, 6.07) is -1.61. The standard InChI is InChI=1S/C9H17NO6/c1-2-4(12)7(14)6(10)9(16)8(15)5(13)3-11/h5-6,8-9,11,13,15-16H,2-3,10H2,1H3/t5-,6+,8+,9-/m1/s1. The maximum Gasteiger partial charge on any atom is 0.217 e. The lowest BCUT2D eigenvalue weighted by molar-refractivity contribution is -0.142. The largest absolute Gasteiger partial charge is 0.394 e. The number of hydrogen-bond donors (Lipinski definition) is 5. The van der Waals surface area contributed by atoms with Crippen LogP contribution >= 0.6 is 0 Å². The molecule has 16 heavy (non-hydrogen) atoms. The van der Waals surface area contributed by atoms with E-state index in [1.165, 1.54) is 6.92 Å². The summed E-state index contributed by atoms with van der Waals surface area (Å²) in [5.74, 6) is -1.78. The van der Waals surface area contributed by atoms with Gasteiger partial charge in [0, 0.05) is 6.42 Å². The topological polar surface area (TPSA) is 141 Å². The highest BCUT2D eigenvalue weighted by molar-refractivity contribution is 6.39. The van der Waals surface area contributed by atoms with Crippen LogP contribution in [0.5, 0.6) is 0 Å². The van der Waals surface area contributed by atoms with Crippen molar-refractivity contribution in [3.05, 3.63) is 0 Å². The molecule has 0 spiro atoms. The summed E-state index contributed by atoms with van der Waals surface area (Å²) < 4.78 is 0. The molecule has 0 aromatic carbocycles. The van der Waals surface area contributed by atoms with Gasteiger partial charge < -0.3 is 26.2 Å². The minimum Gasteiger partial charge on any atom is -0.394 e. The van der Waals surface area contributed by atoms with Crippen molar-refractivity contribution in [3.8, 4) is 0 Å². The van der Waals surface area contributed by atoms with E-state index in [4.69, 9.17) is 15.9 Å². The Morgan fingerprint density at radius 2 is 1.69 bits per heavy atom. The van der Waals surface area contributed by atoms with Gasteiger partial charge in [0.05, 0.1) is 6.61 Å². The van der Waals surface area contributed by atoms with Crippen molar-refractivity contribution in [2.75, 3.05) is 6.61 Å². The van der Waals surface area contributed by atoms with E-state index >= 15 is 0 Å². The fraction of sp³-hybridized carbons (Fsp3) is 0.778. The van der Waals surface area contributed by atoms with Gasteiger partial charge in [0.1, 0.15) is 24.4 Å². The van der Waals surface area contributed by atoms with Gasteiger partial charge in [0.2, 0.25) is 5.78 Å². The summed E-state index contributed by atoms with van der Waals surface area (Å²) in [7, 11) is 0. The zero-order valence-electron chi connectivity index (χ0n) is 8.91. The molecule has 0 heterocycles. The summed E-state index contributed by atoms with van der Waals surface area (Å²) in [5, 5.41) is 36.2. The second-order valence-corrected chi connectivity index (χ2v) is 3.40. The first kappa shape index (κ1) is 15.1. The Labute approximate surface area is 92.5 Å². The third-order valence-corrected chi connectivity index (χ3v) is 2.20. The lowest BCUT2D eigenvalue weighted by Crippen LogP contribution is -2.54. The van der Waals surface area contributed by atoms with Gasteiger partial charge in [-0.1, -0.05) is 6.92 Å². The van der Waals surface area contributed by atoms with Gasteiger partial charge in [0.15, 0.2) is 5.78 Å². The van der Waals surface area contributed by atoms with Gasteiger partial charge in [-0.2, -0.15) is 0 Å². The molecule has 0 fully saturated rings. The van der Waals surface area contributed by atoms with Crippen LogP contribution in [0, 0.1) is 0 Å². The summed E-state index contributed by atoms with van der Waals surface area (Å²) in [6.45, 7) is 0.666. The molecule has 0 amide bonds. The Hall–Kier alpha value is -0.860. The molecule has 7 heteroatoms. The zero-order chi connectivity index (χ0) is 12.9. The van der Waals surface area contributed by atoms with Crippen molar-refractivity contribution in [1.82, 2.24) is 0 Å². The molecule has 0 aromatic heterocycles. The molecule has 0 aliphatic heterocycles. The Balaban J connectivity index is 4.54. The molecule has 0 saturated heterocycles. The molecule has 0 radical (unpaired) electrons. The second-order valence-electron chi connectivity index (χ2n) is 3.40. The van der Waals surface area contributed by atoms with Crippen LogP contribution in [0.1, 0.15) is 13.3 Å². The Morgan fingerprint density at radius 3 is 2.06 bits per heavy atom. The first-order valence-corrected chi connectivity index (χ1v) is 4.84. The van der Waals surface area contributed by atoms with Crippen molar-refractivity contribution >= 4 is 11.6 Å². The van der Waals surface area contributed by atoms with Gasteiger partial charge in [-0.3, -0.25) is 9.59 Å². The second kappa shape index (κ2) is 6.66. The van der Waals surface area contributed by atoms with Gasteiger partial charge >= 0.3 is 0 Å². The van der Waals surface area contributed by atoms with Gasteiger partial charge in [0.25, 0.3) is 0 Å². The Kier molecular flexibility index (Phi) is 6.31. The van der Waals surface area contributed by atoms with E-state index < -0.39 is 42.5 Å². The summed E-state index contributed by atoms with van der Waals surface area (Å²) in [4.78, 5) is 22.2. The highest BCUT2D eigenvalue weighted by Gasteiger charge is 2.34. The van der Waals surface area contributed by atoms with Crippen molar-refractivity contribution in [2.45, 2.75) is 37.7 Å². The number of carbonyl (C=O) groups is 2. The molecule has 0 aliphatic carbocycles. The number of aliphatic hydroxyl groups is 4. The predicted molar refractivity (Wildman–Crippen MR) is 53.4 cm³/mol. The maximum absolute atomic E-state index is 11.2. The first-order chi connectivity index (χ1) is 7.36. The maximum atomic E-state index is 11.2. The molecule has 6 N–H and O–H groups in total. The normalized spacial score (nSPS) is 18.6. The lowest BCUT2D eigenvalue weighted by Gasteiger charge is -2.25. The molecular formula is C9H17NO6. The number of rotatable bonds is 7. The average molecular weight is 235 g/mol. The van der Waals surface area contributed by atoms with Gasteiger partial charge in [-0.05, 0) is 0 Å². The van der Waals surface area contributed by atoms with E-state index in [9.17, 15) is 19.8 Å². The zero-order valence-corrected chi connectivity index (χ0v) is 8.91. The molecule has 7 nitrogen and oxygen atoms in total. The number of Topliss-reactive ketones (excluding diaryl/α,β-unsaturated/α-hetero) is 2. The van der Waals surface area contributed by atoms with E-state index in [1.807, 2.05) is 0 Å². The highest BCUT2D eigenvalue weighted by Crippen LogP contribution is 2.05. The summed E-state index contributed by atoms with van der Waals surface area (Å²) in [5.41, 5.74) is 5.26. The molecule has 0 aromatic rings. The fourth-order valence-corrected chi connectivity index (χ4v) is 1.06. The van der Waals surface area contributed by atoms with Crippen LogP contribution in [0.3, 0.4) is 0 Å². The van der Waals surface area contributed by atoms with Gasteiger partial charge in [-0.15, -0.1) is 0 Å². The number of ketones is 2. The molecule has 0 bridgehead atoms. The van der Waals surface area contributed by atoms with E-state index in [0.717, 1.165) is 0 Å². The molecule has 0 rings (SSSR count). The van der Waals surface area contributed by atoms with Crippen molar-refractivity contribution < 1.29 is 30.0 Å². The van der Waals surface area contributed by atoms with Crippen LogP contribution in [-0.4, -0.2) is 63.0 Å². The first-order valence-electron chi connectivity index (χ1n) is 4.84. The number of carbonyl (C=O) groups excluding carboxylic acids is 2. The number of hydrogen-bond acceptors (Lipinski definition) is 7. The van der Waals surface area contributed by atoms with Crippen molar-refractivity contribution in [2.24, 2.45) is 5.73 Å². The van der Waals surface area contributed by atoms with E-state index in [2.05, 4.69) is 0 Å². The Bertz CT molecular complexity index is 256. The predicted octanol–water partition coefficient (Wildman–Crippen LogP) is -3.06. The molecule has 0 unspecified atom stereocenters. The monoisotopic (exact) mass is 235 g/mol. The van der Waals surface area contributed by atoms with Crippen LogP contribution in [-0.2, 0) is 9.59 Å². The van der Waals surface area contributed by atoms with Crippen molar-refractivity contribution in [1.29, 1.82) is 0 Å². The highest BCUT2D eigenvalue weighted by atomic mass is 16.4. The minimum atomic E-state index is -1.80. The molecule has 0 saturated carbocycles. The number of nitrogens with two attached hydrogens (primary N) is 1. The van der Waals surface area contributed by atoms with Crippen LogP contribution in [0.25, 0.3) is 0 Å². The summed E-state index contributed by atoms with van der Waals surface area (Å²) in [6.07, 6.45) is -5.26. The van der Waals surface area contributed by atoms with Crippen molar-refractivity contribution in [3.63, 3.8) is 0 Å². The smallest absolute Gasteiger partial charge is 0.217 e. The van der Waals surface area contributed by atoms with Crippen LogP contribution < -0.4 is 5.73 Å². The summed E-state index contributed by atoms with van der Waals surface area (Å²) >= 11 is 0. The van der Waals surface area contributed by atoms with Crippen LogP contribution in [0.4, 0.5) is 0 Å². The van der Waals surface area contributed by atoms with E-state index in [1.54, 1.807) is 0 Å².